The number of hydrogen-bond acceptors (Lipinski definition) is 4. The number of carbonyl (C=O) groups excluding carboxylic acids is 1. The molecule has 6 heteroatoms. The number of amides is 1. The molecule has 128 valence electrons. The Labute approximate surface area is 146 Å². The Balaban J connectivity index is 2.06. The van der Waals surface area contributed by atoms with Crippen LogP contribution in [0.4, 0.5) is 5.69 Å². The van der Waals surface area contributed by atoms with Crippen LogP contribution in [0.3, 0.4) is 0 Å². The van der Waals surface area contributed by atoms with E-state index < -0.39 is 0 Å². The number of hydrogen-bond donors (Lipinski definition) is 2. The molecule has 0 aliphatic rings. The molecule has 0 unspecified atom stereocenters. The molecule has 1 aromatic carbocycles. The molecule has 0 radical (unpaired) electrons. The number of anilines is 1. The van der Waals surface area contributed by atoms with E-state index in [0.717, 1.165) is 11.3 Å². The van der Waals surface area contributed by atoms with Crippen molar-refractivity contribution in [2.75, 3.05) is 11.6 Å². The van der Waals surface area contributed by atoms with Crippen LogP contribution in [0, 0.1) is 6.92 Å². The number of benzene rings is 1. The highest BCUT2D eigenvalue weighted by Crippen LogP contribution is 2.23. The van der Waals surface area contributed by atoms with Gasteiger partial charge >= 0.3 is 0 Å². The summed E-state index contributed by atoms with van der Waals surface area (Å²) in [5.74, 6) is 0.228. The van der Waals surface area contributed by atoms with Crippen LogP contribution in [0.25, 0.3) is 0 Å². The Kier molecular flexibility index (Phi) is 6.20. The summed E-state index contributed by atoms with van der Waals surface area (Å²) < 4.78 is 0. The standard InChI is InChI=1S/C18H23N3O2S/c1-11(2)13-7-5-6-8-15(13)20-16(22)10-9-14-12(3)19-18(24-4)21-17(14)23/h5-8,11H,9-10H2,1-4H3,(H,20,22)(H,19,21,23). The van der Waals surface area contributed by atoms with Crippen molar-refractivity contribution in [1.82, 2.24) is 9.97 Å². The van der Waals surface area contributed by atoms with Crippen LogP contribution in [-0.2, 0) is 11.2 Å². The minimum atomic E-state index is -0.165. The first-order valence-corrected chi connectivity index (χ1v) is 9.17. The van der Waals surface area contributed by atoms with Gasteiger partial charge in [0, 0.05) is 23.4 Å². The second kappa shape index (κ2) is 8.15. The number of rotatable bonds is 6. The lowest BCUT2D eigenvalue weighted by Gasteiger charge is -2.13. The van der Waals surface area contributed by atoms with E-state index >= 15 is 0 Å². The highest BCUT2D eigenvalue weighted by Gasteiger charge is 2.12. The number of nitrogens with zero attached hydrogens (tertiary/aromatic N) is 1. The third-order valence-corrected chi connectivity index (χ3v) is 4.43. The monoisotopic (exact) mass is 345 g/mol. The SMILES string of the molecule is CSc1nc(C)c(CCC(=O)Nc2ccccc2C(C)C)c(=O)[nH]1. The van der Waals surface area contributed by atoms with E-state index in [1.54, 1.807) is 6.92 Å². The lowest BCUT2D eigenvalue weighted by molar-refractivity contribution is -0.116. The predicted octanol–water partition coefficient (Wildman–Crippen LogP) is 3.49. The molecule has 0 spiro atoms. The van der Waals surface area contributed by atoms with Crippen LogP contribution in [0.1, 0.15) is 43.0 Å². The minimum absolute atomic E-state index is 0.101. The molecular weight excluding hydrogens is 322 g/mol. The summed E-state index contributed by atoms with van der Waals surface area (Å²) in [6, 6.07) is 7.79. The number of carbonyl (C=O) groups is 1. The van der Waals surface area contributed by atoms with E-state index in [1.165, 1.54) is 11.8 Å². The molecule has 1 heterocycles. The van der Waals surface area contributed by atoms with Crippen molar-refractivity contribution < 1.29 is 4.79 Å². The van der Waals surface area contributed by atoms with Gasteiger partial charge in [-0.25, -0.2) is 4.98 Å². The topological polar surface area (TPSA) is 74.8 Å². The van der Waals surface area contributed by atoms with E-state index in [0.29, 0.717) is 28.8 Å². The quantitative estimate of drug-likeness (QED) is 0.621. The molecule has 0 bridgehead atoms. The Hall–Kier alpha value is -2.08. The minimum Gasteiger partial charge on any atom is -0.326 e. The van der Waals surface area contributed by atoms with Crippen LogP contribution < -0.4 is 10.9 Å². The van der Waals surface area contributed by atoms with Crippen molar-refractivity contribution in [2.24, 2.45) is 0 Å². The Bertz CT molecular complexity index is 784. The first-order chi connectivity index (χ1) is 11.4. The van der Waals surface area contributed by atoms with Gasteiger partial charge in [-0.1, -0.05) is 43.8 Å². The second-order valence-electron chi connectivity index (χ2n) is 5.93. The largest absolute Gasteiger partial charge is 0.326 e. The van der Waals surface area contributed by atoms with Crippen molar-refractivity contribution in [3.05, 3.63) is 51.4 Å². The average molecular weight is 345 g/mol. The summed E-state index contributed by atoms with van der Waals surface area (Å²) in [7, 11) is 0. The summed E-state index contributed by atoms with van der Waals surface area (Å²) in [5, 5.41) is 3.54. The van der Waals surface area contributed by atoms with Gasteiger partial charge < -0.3 is 10.3 Å². The molecular formula is C18H23N3O2S. The number of para-hydroxylation sites is 1. The average Bonchev–Trinajstić information content (AvgIpc) is 2.54. The molecule has 0 saturated heterocycles. The molecule has 0 atom stereocenters. The molecule has 0 fully saturated rings. The first kappa shape index (κ1) is 18.3. The zero-order valence-corrected chi connectivity index (χ0v) is 15.3. The van der Waals surface area contributed by atoms with Crippen LogP contribution >= 0.6 is 11.8 Å². The molecule has 5 nitrogen and oxygen atoms in total. The Morgan fingerprint density at radius 2 is 2.04 bits per heavy atom. The summed E-state index contributed by atoms with van der Waals surface area (Å²) in [6.45, 7) is 5.98. The van der Waals surface area contributed by atoms with Crippen LogP contribution in [-0.4, -0.2) is 22.1 Å². The zero-order valence-electron chi connectivity index (χ0n) is 14.5. The molecule has 1 amide bonds. The lowest BCUT2D eigenvalue weighted by Crippen LogP contribution is -2.20. The maximum Gasteiger partial charge on any atom is 0.254 e. The highest BCUT2D eigenvalue weighted by molar-refractivity contribution is 7.98. The van der Waals surface area contributed by atoms with Gasteiger partial charge in [0.05, 0.1) is 0 Å². The fraction of sp³-hybridized carbons (Fsp3) is 0.389. The Morgan fingerprint density at radius 1 is 1.33 bits per heavy atom. The number of aromatic amines is 1. The second-order valence-corrected chi connectivity index (χ2v) is 6.72. The highest BCUT2D eigenvalue weighted by atomic mass is 32.2. The molecule has 2 rings (SSSR count). The van der Waals surface area contributed by atoms with E-state index in [-0.39, 0.29) is 17.9 Å². The van der Waals surface area contributed by atoms with Gasteiger partial charge in [0.15, 0.2) is 5.16 Å². The molecule has 2 aromatic rings. The molecule has 0 aliphatic carbocycles. The molecule has 0 aliphatic heterocycles. The van der Waals surface area contributed by atoms with Gasteiger partial charge in [-0.3, -0.25) is 9.59 Å². The van der Waals surface area contributed by atoms with Gasteiger partial charge in [-0.15, -0.1) is 0 Å². The maximum atomic E-state index is 12.3. The van der Waals surface area contributed by atoms with Crippen LogP contribution in [0.2, 0.25) is 0 Å². The van der Waals surface area contributed by atoms with Gasteiger partial charge in [0.25, 0.3) is 5.56 Å². The van der Waals surface area contributed by atoms with Crippen molar-refractivity contribution in [2.45, 2.75) is 44.7 Å². The molecule has 2 N–H and O–H groups in total. The predicted molar refractivity (Wildman–Crippen MR) is 98.9 cm³/mol. The molecule has 24 heavy (non-hydrogen) atoms. The van der Waals surface area contributed by atoms with Crippen molar-refractivity contribution in [3.63, 3.8) is 0 Å². The van der Waals surface area contributed by atoms with Crippen LogP contribution in [0.5, 0.6) is 0 Å². The third kappa shape index (κ3) is 4.47. The lowest BCUT2D eigenvalue weighted by atomic mass is 10.0. The van der Waals surface area contributed by atoms with Gasteiger partial charge in [0.2, 0.25) is 5.91 Å². The number of nitrogens with one attached hydrogen (secondary N) is 2. The normalized spacial score (nSPS) is 10.9. The fourth-order valence-electron chi connectivity index (χ4n) is 2.54. The summed E-state index contributed by atoms with van der Waals surface area (Å²) >= 11 is 1.39. The third-order valence-electron chi connectivity index (χ3n) is 3.85. The van der Waals surface area contributed by atoms with E-state index in [9.17, 15) is 9.59 Å². The number of aromatic nitrogens is 2. The van der Waals surface area contributed by atoms with Gasteiger partial charge in [0.1, 0.15) is 0 Å². The molecule has 0 saturated carbocycles. The fourth-order valence-corrected chi connectivity index (χ4v) is 2.96. The van der Waals surface area contributed by atoms with Crippen molar-refractivity contribution in [3.8, 4) is 0 Å². The number of aryl methyl sites for hydroxylation is 1. The van der Waals surface area contributed by atoms with Crippen LogP contribution in [0.15, 0.2) is 34.2 Å². The molecule has 1 aromatic heterocycles. The van der Waals surface area contributed by atoms with E-state index in [2.05, 4.69) is 29.1 Å². The van der Waals surface area contributed by atoms with E-state index in [1.807, 2.05) is 30.5 Å². The number of thioether (sulfide) groups is 1. The summed E-state index contributed by atoms with van der Waals surface area (Å²) in [5.41, 5.74) is 3.02. The smallest absolute Gasteiger partial charge is 0.254 e. The van der Waals surface area contributed by atoms with Crippen molar-refractivity contribution in [1.29, 1.82) is 0 Å². The zero-order chi connectivity index (χ0) is 17.7. The Morgan fingerprint density at radius 3 is 2.67 bits per heavy atom. The number of H-pyrrole nitrogens is 1. The first-order valence-electron chi connectivity index (χ1n) is 7.95. The summed E-state index contributed by atoms with van der Waals surface area (Å²) in [6.07, 6.45) is 2.48. The van der Waals surface area contributed by atoms with Gasteiger partial charge in [-0.2, -0.15) is 0 Å². The van der Waals surface area contributed by atoms with Gasteiger partial charge in [-0.05, 0) is 37.1 Å². The van der Waals surface area contributed by atoms with Crippen molar-refractivity contribution >= 4 is 23.4 Å². The summed E-state index contributed by atoms with van der Waals surface area (Å²) in [4.78, 5) is 31.4. The maximum absolute atomic E-state index is 12.3. The van der Waals surface area contributed by atoms with E-state index in [4.69, 9.17) is 0 Å².